The largest absolute Gasteiger partial charge is 0.447 e. The zero-order valence-electron chi connectivity index (χ0n) is 6.04. The van der Waals surface area contributed by atoms with Crippen LogP contribution in [0.15, 0.2) is 15.9 Å². The third-order valence-corrected chi connectivity index (χ3v) is 3.35. The average Bonchev–Trinajstić information content (AvgIpc) is 2.58. The van der Waals surface area contributed by atoms with E-state index in [0.717, 1.165) is 8.66 Å². The Morgan fingerprint density at radius 2 is 2.50 bits per heavy atom. The smallest absolute Gasteiger partial charge is 0.407 e. The molecule has 5 heteroatoms. The number of amides is 1. The SMILES string of the molecule is O=C1NC(c2ccc(Br)s2)CO1. The Morgan fingerprint density at radius 1 is 1.67 bits per heavy atom. The highest BCUT2D eigenvalue weighted by Crippen LogP contribution is 2.29. The molecule has 1 amide bonds. The highest BCUT2D eigenvalue weighted by atomic mass is 79.9. The van der Waals surface area contributed by atoms with Crippen molar-refractivity contribution in [1.29, 1.82) is 0 Å². The number of cyclic esters (lactones) is 1. The lowest BCUT2D eigenvalue weighted by atomic mass is 10.3. The van der Waals surface area contributed by atoms with Gasteiger partial charge in [0.25, 0.3) is 0 Å². The lowest BCUT2D eigenvalue weighted by Crippen LogP contribution is -2.17. The molecular weight excluding hydrogens is 242 g/mol. The van der Waals surface area contributed by atoms with E-state index in [2.05, 4.69) is 21.2 Å². The van der Waals surface area contributed by atoms with Gasteiger partial charge in [-0.25, -0.2) is 4.79 Å². The van der Waals surface area contributed by atoms with E-state index < -0.39 is 0 Å². The summed E-state index contributed by atoms with van der Waals surface area (Å²) in [7, 11) is 0. The fourth-order valence-corrected chi connectivity index (χ4v) is 2.51. The van der Waals surface area contributed by atoms with Crippen LogP contribution >= 0.6 is 27.3 Å². The van der Waals surface area contributed by atoms with Crippen molar-refractivity contribution < 1.29 is 9.53 Å². The molecule has 1 N–H and O–H groups in total. The first-order valence-corrected chi connectivity index (χ1v) is 5.05. The van der Waals surface area contributed by atoms with Crippen LogP contribution in [0.3, 0.4) is 0 Å². The number of nitrogens with one attached hydrogen (secondary N) is 1. The van der Waals surface area contributed by atoms with Crippen molar-refractivity contribution in [1.82, 2.24) is 5.32 Å². The summed E-state index contributed by atoms with van der Waals surface area (Å²) in [5.74, 6) is 0. The fourth-order valence-electron chi connectivity index (χ4n) is 1.05. The summed E-state index contributed by atoms with van der Waals surface area (Å²) in [5, 5.41) is 2.71. The predicted molar refractivity (Wildman–Crippen MR) is 49.2 cm³/mol. The maximum absolute atomic E-state index is 10.7. The van der Waals surface area contributed by atoms with E-state index in [1.807, 2.05) is 12.1 Å². The molecule has 1 fully saturated rings. The van der Waals surface area contributed by atoms with Crippen LogP contribution in [0.4, 0.5) is 4.79 Å². The second kappa shape index (κ2) is 3.06. The molecule has 12 heavy (non-hydrogen) atoms. The molecule has 1 aliphatic rings. The summed E-state index contributed by atoms with van der Waals surface area (Å²) in [6.45, 7) is 0.436. The molecule has 0 saturated carbocycles. The number of carbonyl (C=O) groups excluding carboxylic acids is 1. The first-order valence-electron chi connectivity index (χ1n) is 3.44. The van der Waals surface area contributed by atoms with Crippen molar-refractivity contribution >= 4 is 33.4 Å². The maximum Gasteiger partial charge on any atom is 0.407 e. The zero-order valence-corrected chi connectivity index (χ0v) is 8.44. The van der Waals surface area contributed by atoms with Gasteiger partial charge in [0.2, 0.25) is 0 Å². The van der Waals surface area contributed by atoms with Gasteiger partial charge in [0.1, 0.15) is 12.6 Å². The molecule has 1 atom stereocenters. The monoisotopic (exact) mass is 247 g/mol. The van der Waals surface area contributed by atoms with Gasteiger partial charge in [-0.1, -0.05) is 0 Å². The minimum atomic E-state index is -0.329. The van der Waals surface area contributed by atoms with E-state index in [4.69, 9.17) is 4.74 Å². The molecule has 64 valence electrons. The van der Waals surface area contributed by atoms with Gasteiger partial charge in [-0.2, -0.15) is 0 Å². The Labute approximate surface area is 81.9 Å². The fraction of sp³-hybridized carbons (Fsp3) is 0.286. The van der Waals surface area contributed by atoms with Gasteiger partial charge in [-0.15, -0.1) is 11.3 Å². The van der Waals surface area contributed by atoms with Gasteiger partial charge in [0.05, 0.1) is 3.79 Å². The Hall–Kier alpha value is -0.550. The van der Waals surface area contributed by atoms with Crippen molar-refractivity contribution in [2.75, 3.05) is 6.61 Å². The van der Waals surface area contributed by atoms with Crippen LogP contribution in [0, 0.1) is 0 Å². The van der Waals surface area contributed by atoms with Crippen molar-refractivity contribution in [3.63, 3.8) is 0 Å². The molecule has 3 nitrogen and oxygen atoms in total. The number of alkyl carbamates (subject to hydrolysis) is 1. The minimum absolute atomic E-state index is 0.0359. The van der Waals surface area contributed by atoms with Crippen molar-refractivity contribution in [2.24, 2.45) is 0 Å². The van der Waals surface area contributed by atoms with Crippen LogP contribution in [-0.4, -0.2) is 12.7 Å². The van der Waals surface area contributed by atoms with Crippen LogP contribution < -0.4 is 5.32 Å². The lowest BCUT2D eigenvalue weighted by molar-refractivity contribution is 0.177. The first kappa shape index (κ1) is 8.07. The summed E-state index contributed by atoms with van der Waals surface area (Å²) in [4.78, 5) is 11.8. The highest BCUT2D eigenvalue weighted by molar-refractivity contribution is 9.11. The normalized spacial score (nSPS) is 22.1. The standard InChI is InChI=1S/C7H6BrNO2S/c8-6-2-1-5(12-6)4-3-11-7(10)9-4/h1-2,4H,3H2,(H,9,10). The van der Waals surface area contributed by atoms with Gasteiger partial charge in [-0.05, 0) is 28.1 Å². The van der Waals surface area contributed by atoms with E-state index in [0.29, 0.717) is 6.61 Å². The summed E-state index contributed by atoms with van der Waals surface area (Å²) in [6.07, 6.45) is -0.329. The van der Waals surface area contributed by atoms with Crippen molar-refractivity contribution in [3.8, 4) is 0 Å². The maximum atomic E-state index is 10.7. The highest BCUT2D eigenvalue weighted by Gasteiger charge is 2.24. The van der Waals surface area contributed by atoms with Gasteiger partial charge >= 0.3 is 6.09 Å². The third-order valence-electron chi connectivity index (χ3n) is 1.61. The second-order valence-corrected chi connectivity index (χ2v) is 4.93. The molecular formula is C7H6BrNO2S. The molecule has 1 aromatic rings. The van der Waals surface area contributed by atoms with E-state index in [-0.39, 0.29) is 12.1 Å². The molecule has 2 heterocycles. The number of carbonyl (C=O) groups is 1. The topological polar surface area (TPSA) is 38.3 Å². The molecule has 0 aliphatic carbocycles. The molecule has 0 aromatic carbocycles. The van der Waals surface area contributed by atoms with Crippen LogP contribution in [-0.2, 0) is 4.74 Å². The van der Waals surface area contributed by atoms with E-state index in [1.165, 1.54) is 0 Å². The van der Waals surface area contributed by atoms with Gasteiger partial charge < -0.3 is 10.1 Å². The van der Waals surface area contributed by atoms with Gasteiger partial charge in [-0.3, -0.25) is 0 Å². The van der Waals surface area contributed by atoms with Crippen LogP contribution in [0.25, 0.3) is 0 Å². The zero-order chi connectivity index (χ0) is 8.55. The molecule has 1 aromatic heterocycles. The van der Waals surface area contributed by atoms with Crippen molar-refractivity contribution in [3.05, 3.63) is 20.8 Å². The second-order valence-electron chi connectivity index (χ2n) is 2.44. The minimum Gasteiger partial charge on any atom is -0.447 e. The summed E-state index contributed by atoms with van der Waals surface area (Å²) < 4.78 is 5.84. The average molecular weight is 248 g/mol. The number of rotatable bonds is 1. The Kier molecular flexibility index (Phi) is 2.06. The Bertz CT molecular complexity index is 312. The molecule has 1 unspecified atom stereocenters. The summed E-state index contributed by atoms with van der Waals surface area (Å²) in [6, 6.07) is 3.98. The summed E-state index contributed by atoms with van der Waals surface area (Å²) >= 11 is 4.97. The van der Waals surface area contributed by atoms with Crippen LogP contribution in [0.1, 0.15) is 10.9 Å². The van der Waals surface area contributed by atoms with E-state index in [1.54, 1.807) is 11.3 Å². The molecule has 2 rings (SSSR count). The number of hydrogen-bond acceptors (Lipinski definition) is 3. The van der Waals surface area contributed by atoms with Crippen LogP contribution in [0.2, 0.25) is 0 Å². The molecule has 1 aliphatic heterocycles. The number of thiophene rings is 1. The number of hydrogen-bond donors (Lipinski definition) is 1. The molecule has 0 spiro atoms. The molecule has 1 saturated heterocycles. The van der Waals surface area contributed by atoms with E-state index in [9.17, 15) is 4.79 Å². The van der Waals surface area contributed by atoms with E-state index >= 15 is 0 Å². The number of halogens is 1. The Morgan fingerprint density at radius 3 is 3.00 bits per heavy atom. The molecule has 0 radical (unpaired) electrons. The Balaban J connectivity index is 2.15. The quantitative estimate of drug-likeness (QED) is 0.828. The van der Waals surface area contributed by atoms with Gasteiger partial charge in [0.15, 0.2) is 0 Å². The van der Waals surface area contributed by atoms with Crippen molar-refractivity contribution in [2.45, 2.75) is 6.04 Å². The lowest BCUT2D eigenvalue weighted by Gasteiger charge is -2.01. The first-order chi connectivity index (χ1) is 5.75. The van der Waals surface area contributed by atoms with Gasteiger partial charge in [0, 0.05) is 4.88 Å². The number of ether oxygens (including phenoxy) is 1. The molecule has 0 bridgehead atoms. The summed E-state index contributed by atoms with van der Waals surface area (Å²) in [5.41, 5.74) is 0. The van der Waals surface area contributed by atoms with Crippen LogP contribution in [0.5, 0.6) is 0 Å². The predicted octanol–water partition coefficient (Wildman–Crippen LogP) is 2.29. The third kappa shape index (κ3) is 1.47.